The van der Waals surface area contributed by atoms with E-state index in [9.17, 15) is 9.50 Å². The summed E-state index contributed by atoms with van der Waals surface area (Å²) in [4.78, 5) is 4.55. The lowest BCUT2D eigenvalue weighted by Gasteiger charge is -2.24. The molecule has 0 saturated heterocycles. The molecule has 2 heterocycles. The second-order valence-corrected chi connectivity index (χ2v) is 6.61. The van der Waals surface area contributed by atoms with Crippen molar-refractivity contribution in [3.8, 4) is 5.75 Å². The zero-order valence-electron chi connectivity index (χ0n) is 13.2. The van der Waals surface area contributed by atoms with E-state index < -0.39 is 5.82 Å². The van der Waals surface area contributed by atoms with Crippen molar-refractivity contribution in [1.82, 2.24) is 20.1 Å². The van der Waals surface area contributed by atoms with Crippen LogP contribution in [0, 0.1) is 5.82 Å². The molecule has 1 aliphatic rings. The molecule has 0 spiro atoms. The topological polar surface area (TPSA) is 63.0 Å². The van der Waals surface area contributed by atoms with Crippen LogP contribution in [-0.4, -0.2) is 25.9 Å². The number of halogens is 2. The largest absolute Gasteiger partial charge is 0.508 e. The average Bonchev–Trinajstić information content (AvgIpc) is 2.94. The van der Waals surface area contributed by atoms with Gasteiger partial charge in [-0.2, -0.15) is 5.10 Å². The first kappa shape index (κ1) is 16.2. The van der Waals surface area contributed by atoms with Gasteiger partial charge in [0.05, 0.1) is 11.6 Å². The van der Waals surface area contributed by atoms with Gasteiger partial charge in [-0.05, 0) is 18.6 Å². The minimum atomic E-state index is -0.571. The number of hydrogen-bond acceptors (Lipinski definition) is 4. The van der Waals surface area contributed by atoms with E-state index in [-0.39, 0.29) is 28.9 Å². The smallest absolute Gasteiger partial charge is 0.153 e. The van der Waals surface area contributed by atoms with Crippen molar-refractivity contribution in [1.29, 1.82) is 0 Å². The van der Waals surface area contributed by atoms with Gasteiger partial charge in [-0.1, -0.05) is 25.4 Å². The lowest BCUT2D eigenvalue weighted by atomic mass is 10.1. The molecule has 0 bridgehead atoms. The molecule has 1 aliphatic heterocycles. The van der Waals surface area contributed by atoms with Crippen molar-refractivity contribution in [2.45, 2.75) is 51.7 Å². The van der Waals surface area contributed by atoms with E-state index in [0.29, 0.717) is 12.5 Å². The van der Waals surface area contributed by atoms with Crippen LogP contribution < -0.4 is 5.32 Å². The molecular formula is C16H20ClFN4O. The van der Waals surface area contributed by atoms with Gasteiger partial charge in [0.1, 0.15) is 17.4 Å². The summed E-state index contributed by atoms with van der Waals surface area (Å²) in [5, 5.41) is 17.6. The molecule has 3 rings (SSSR count). The Morgan fingerprint density at radius 3 is 3.00 bits per heavy atom. The first-order valence-corrected chi connectivity index (χ1v) is 8.16. The molecule has 1 unspecified atom stereocenters. The van der Waals surface area contributed by atoms with E-state index in [1.165, 1.54) is 12.1 Å². The van der Waals surface area contributed by atoms with E-state index in [1.54, 1.807) is 0 Å². The van der Waals surface area contributed by atoms with Crippen molar-refractivity contribution in [2.24, 2.45) is 0 Å². The first-order chi connectivity index (χ1) is 11.0. The number of nitrogens with zero attached hydrogens (tertiary/aromatic N) is 3. The van der Waals surface area contributed by atoms with Crippen molar-refractivity contribution in [3.05, 3.63) is 40.2 Å². The second kappa shape index (κ2) is 6.45. The molecule has 0 fully saturated rings. The molecule has 1 aromatic heterocycles. The second-order valence-electron chi connectivity index (χ2n) is 6.20. The zero-order valence-corrected chi connectivity index (χ0v) is 13.9. The van der Waals surface area contributed by atoms with Gasteiger partial charge in [0.2, 0.25) is 0 Å². The van der Waals surface area contributed by atoms with Gasteiger partial charge < -0.3 is 10.4 Å². The molecule has 23 heavy (non-hydrogen) atoms. The van der Waals surface area contributed by atoms with Crippen LogP contribution in [0.5, 0.6) is 5.75 Å². The number of phenols is 1. The molecule has 0 aliphatic carbocycles. The number of benzene rings is 1. The fraction of sp³-hybridized carbons (Fsp3) is 0.500. The van der Waals surface area contributed by atoms with Crippen LogP contribution in [0.15, 0.2) is 12.1 Å². The maximum atomic E-state index is 14.0. The quantitative estimate of drug-likeness (QED) is 0.899. The van der Waals surface area contributed by atoms with Crippen LogP contribution in [0.3, 0.4) is 0 Å². The third-order valence-electron chi connectivity index (χ3n) is 4.13. The molecule has 1 aromatic carbocycles. The predicted octanol–water partition coefficient (Wildman–Crippen LogP) is 3.00. The Labute approximate surface area is 139 Å². The van der Waals surface area contributed by atoms with Gasteiger partial charge >= 0.3 is 0 Å². The highest BCUT2D eigenvalue weighted by atomic mass is 35.5. The van der Waals surface area contributed by atoms with Gasteiger partial charge in [0, 0.05) is 30.5 Å². The maximum Gasteiger partial charge on any atom is 0.153 e. The highest BCUT2D eigenvalue weighted by Crippen LogP contribution is 2.26. The fourth-order valence-electron chi connectivity index (χ4n) is 2.74. The van der Waals surface area contributed by atoms with Gasteiger partial charge in [-0.3, -0.25) is 0 Å². The molecule has 0 amide bonds. The summed E-state index contributed by atoms with van der Waals surface area (Å²) in [5.41, 5.74) is 0.199. The molecule has 0 radical (unpaired) electrons. The van der Waals surface area contributed by atoms with E-state index in [2.05, 4.69) is 29.2 Å². The summed E-state index contributed by atoms with van der Waals surface area (Å²) in [6.07, 6.45) is 1.74. The Morgan fingerprint density at radius 2 is 2.26 bits per heavy atom. The molecule has 7 heteroatoms. The van der Waals surface area contributed by atoms with Crippen molar-refractivity contribution >= 4 is 11.6 Å². The number of phenolic OH excluding ortho intramolecular Hbond substituents is 1. The number of rotatable bonds is 4. The van der Waals surface area contributed by atoms with E-state index in [1.807, 2.05) is 4.68 Å². The van der Waals surface area contributed by atoms with E-state index in [0.717, 1.165) is 24.5 Å². The summed E-state index contributed by atoms with van der Waals surface area (Å²) in [6, 6.07) is 2.92. The van der Waals surface area contributed by atoms with Crippen LogP contribution in [-0.2, 0) is 19.5 Å². The van der Waals surface area contributed by atoms with Crippen molar-refractivity contribution < 1.29 is 9.50 Å². The Balaban J connectivity index is 1.67. The van der Waals surface area contributed by atoms with Gasteiger partial charge in [0.25, 0.3) is 0 Å². The number of aromatic hydroxyl groups is 1. The number of aryl methyl sites for hydroxylation is 1. The Bertz CT molecular complexity index is 716. The maximum absolute atomic E-state index is 14.0. The first-order valence-electron chi connectivity index (χ1n) is 7.78. The minimum absolute atomic E-state index is 0.0170. The molecule has 2 N–H and O–H groups in total. The highest BCUT2D eigenvalue weighted by Gasteiger charge is 2.23. The molecule has 2 aromatic rings. The average molecular weight is 339 g/mol. The monoisotopic (exact) mass is 338 g/mol. The van der Waals surface area contributed by atoms with Crippen molar-refractivity contribution in [2.75, 3.05) is 0 Å². The summed E-state index contributed by atoms with van der Waals surface area (Å²) in [7, 11) is 0. The SMILES string of the molecule is CC(C)c1nc2n(n1)CC(NCc1c(O)ccc(Cl)c1F)CC2. The normalized spacial score (nSPS) is 17.5. The third kappa shape index (κ3) is 3.33. The Morgan fingerprint density at radius 1 is 1.48 bits per heavy atom. The van der Waals surface area contributed by atoms with Gasteiger partial charge in [-0.15, -0.1) is 0 Å². The van der Waals surface area contributed by atoms with Crippen LogP contribution in [0.4, 0.5) is 4.39 Å². The molecule has 5 nitrogen and oxygen atoms in total. The Hall–Kier alpha value is -1.66. The molecule has 1 atom stereocenters. The third-order valence-corrected chi connectivity index (χ3v) is 4.42. The van der Waals surface area contributed by atoms with Gasteiger partial charge in [0.15, 0.2) is 5.82 Å². The standard InChI is InChI=1S/C16H20ClFN4O/c1-9(2)16-20-14-6-3-10(8-22(14)21-16)19-7-11-13(23)5-4-12(17)15(11)18/h4-5,9-10,19,23H,3,6-8H2,1-2H3. The molecule has 124 valence electrons. The van der Waals surface area contributed by atoms with Gasteiger partial charge in [-0.25, -0.2) is 14.1 Å². The number of aromatic nitrogens is 3. The molecule has 0 saturated carbocycles. The minimum Gasteiger partial charge on any atom is -0.508 e. The summed E-state index contributed by atoms with van der Waals surface area (Å²) in [5.74, 6) is 1.51. The Kier molecular flexibility index (Phi) is 4.55. The summed E-state index contributed by atoms with van der Waals surface area (Å²) in [6.45, 7) is 5.06. The van der Waals surface area contributed by atoms with Crippen LogP contribution in [0.25, 0.3) is 0 Å². The number of nitrogens with one attached hydrogen (secondary N) is 1. The lowest BCUT2D eigenvalue weighted by molar-refractivity contribution is 0.352. The van der Waals surface area contributed by atoms with E-state index in [4.69, 9.17) is 11.6 Å². The fourth-order valence-corrected chi connectivity index (χ4v) is 2.91. The van der Waals surface area contributed by atoms with Crippen LogP contribution in [0.2, 0.25) is 5.02 Å². The predicted molar refractivity (Wildman–Crippen MR) is 86.1 cm³/mol. The number of fused-ring (bicyclic) bond motifs is 1. The van der Waals surface area contributed by atoms with Crippen molar-refractivity contribution in [3.63, 3.8) is 0 Å². The highest BCUT2D eigenvalue weighted by molar-refractivity contribution is 6.30. The van der Waals surface area contributed by atoms with E-state index >= 15 is 0 Å². The summed E-state index contributed by atoms with van der Waals surface area (Å²) < 4.78 is 15.9. The lowest BCUT2D eigenvalue weighted by Crippen LogP contribution is -2.37. The number of hydrogen-bond donors (Lipinski definition) is 2. The van der Waals surface area contributed by atoms with Crippen LogP contribution >= 0.6 is 11.6 Å². The zero-order chi connectivity index (χ0) is 16.6. The molecular weight excluding hydrogens is 319 g/mol. The van der Waals surface area contributed by atoms with Crippen LogP contribution in [0.1, 0.15) is 43.4 Å². The summed E-state index contributed by atoms with van der Waals surface area (Å²) >= 11 is 5.77.